The van der Waals surface area contributed by atoms with Gasteiger partial charge in [-0.3, -0.25) is 4.68 Å². The molecule has 3 heteroatoms. The van der Waals surface area contributed by atoms with Crippen LogP contribution in [-0.2, 0) is 6.54 Å². The first-order valence-electron chi connectivity index (χ1n) is 4.73. The second kappa shape index (κ2) is 3.21. The first kappa shape index (κ1) is 8.31. The van der Waals surface area contributed by atoms with Crippen LogP contribution in [0.2, 0.25) is 0 Å². The fourth-order valence-corrected chi connectivity index (χ4v) is 1.77. The van der Waals surface area contributed by atoms with Crippen LogP contribution in [0.3, 0.4) is 0 Å². The molecule has 2 atom stereocenters. The summed E-state index contributed by atoms with van der Waals surface area (Å²) in [5.74, 6) is 1.60. The Labute approximate surface area is 78.0 Å². The quantitative estimate of drug-likeness (QED) is 0.687. The zero-order valence-corrected chi connectivity index (χ0v) is 7.77. The van der Waals surface area contributed by atoms with E-state index in [1.54, 1.807) is 6.07 Å². The largest absolute Gasteiger partial charge is 0.271 e. The van der Waals surface area contributed by atoms with Gasteiger partial charge in [0.1, 0.15) is 6.07 Å². The highest BCUT2D eigenvalue weighted by molar-refractivity contribution is 5.16. The van der Waals surface area contributed by atoms with Crippen LogP contribution in [0.4, 0.5) is 0 Å². The predicted octanol–water partition coefficient (Wildman–Crippen LogP) is 1.80. The third kappa shape index (κ3) is 1.57. The van der Waals surface area contributed by atoms with E-state index < -0.39 is 0 Å². The molecular formula is C10H13N3. The summed E-state index contributed by atoms with van der Waals surface area (Å²) < 4.78 is 1.89. The highest BCUT2D eigenvalue weighted by Crippen LogP contribution is 2.34. The van der Waals surface area contributed by atoms with Crippen molar-refractivity contribution in [3.63, 3.8) is 0 Å². The summed E-state index contributed by atoms with van der Waals surface area (Å²) >= 11 is 0. The first-order chi connectivity index (χ1) is 6.29. The summed E-state index contributed by atoms with van der Waals surface area (Å²) in [6, 6.07) is 3.80. The summed E-state index contributed by atoms with van der Waals surface area (Å²) in [4.78, 5) is 0. The lowest BCUT2D eigenvalue weighted by Gasteiger charge is -2.33. The van der Waals surface area contributed by atoms with Crippen LogP contribution >= 0.6 is 0 Å². The van der Waals surface area contributed by atoms with Crippen LogP contribution in [0.15, 0.2) is 12.3 Å². The molecule has 0 spiro atoms. The van der Waals surface area contributed by atoms with Crippen LogP contribution in [0.1, 0.15) is 25.5 Å². The predicted molar refractivity (Wildman–Crippen MR) is 48.8 cm³/mol. The van der Waals surface area contributed by atoms with Gasteiger partial charge >= 0.3 is 0 Å². The molecule has 13 heavy (non-hydrogen) atoms. The topological polar surface area (TPSA) is 41.6 Å². The van der Waals surface area contributed by atoms with Gasteiger partial charge in [0.2, 0.25) is 0 Å². The SMILES string of the molecule is C[C@@H]1CC[C@H]1Cn1ccc(C#N)n1. The van der Waals surface area contributed by atoms with Crippen molar-refractivity contribution in [1.29, 1.82) is 5.26 Å². The molecular weight excluding hydrogens is 162 g/mol. The molecule has 2 rings (SSSR count). The molecule has 1 aromatic heterocycles. The van der Waals surface area contributed by atoms with Gasteiger partial charge in [-0.05, 0) is 24.3 Å². The highest BCUT2D eigenvalue weighted by Gasteiger charge is 2.26. The van der Waals surface area contributed by atoms with Crippen molar-refractivity contribution in [2.45, 2.75) is 26.3 Å². The molecule has 1 fully saturated rings. The van der Waals surface area contributed by atoms with Crippen LogP contribution in [0.5, 0.6) is 0 Å². The minimum absolute atomic E-state index is 0.520. The lowest BCUT2D eigenvalue weighted by atomic mass is 9.75. The fraction of sp³-hybridized carbons (Fsp3) is 0.600. The Morgan fingerprint density at radius 1 is 1.69 bits per heavy atom. The number of nitriles is 1. The van der Waals surface area contributed by atoms with Crippen molar-refractivity contribution in [3.05, 3.63) is 18.0 Å². The van der Waals surface area contributed by atoms with E-state index in [9.17, 15) is 0 Å². The van der Waals surface area contributed by atoms with Gasteiger partial charge in [-0.15, -0.1) is 0 Å². The van der Waals surface area contributed by atoms with Gasteiger partial charge in [-0.2, -0.15) is 10.4 Å². The second-order valence-electron chi connectivity index (χ2n) is 3.85. The molecule has 0 aliphatic heterocycles. The summed E-state index contributed by atoms with van der Waals surface area (Å²) in [5, 5.41) is 12.7. The second-order valence-corrected chi connectivity index (χ2v) is 3.85. The Hall–Kier alpha value is -1.30. The molecule has 1 aliphatic carbocycles. The van der Waals surface area contributed by atoms with Crippen molar-refractivity contribution in [2.24, 2.45) is 11.8 Å². The standard InChI is InChI=1S/C10H13N3/c1-8-2-3-9(8)7-13-5-4-10(6-11)12-13/h4-5,8-9H,2-3,7H2,1H3/t8-,9+/m1/s1. The first-order valence-corrected chi connectivity index (χ1v) is 4.73. The molecule has 0 bridgehead atoms. The van der Waals surface area contributed by atoms with Crippen molar-refractivity contribution in [1.82, 2.24) is 9.78 Å². The maximum absolute atomic E-state index is 8.58. The van der Waals surface area contributed by atoms with E-state index >= 15 is 0 Å². The number of hydrogen-bond acceptors (Lipinski definition) is 2. The van der Waals surface area contributed by atoms with Crippen molar-refractivity contribution >= 4 is 0 Å². The van der Waals surface area contributed by atoms with Crippen molar-refractivity contribution in [2.75, 3.05) is 0 Å². The molecule has 1 aromatic rings. The maximum atomic E-state index is 8.58. The summed E-state index contributed by atoms with van der Waals surface area (Å²) in [6.45, 7) is 3.26. The number of rotatable bonds is 2. The van der Waals surface area contributed by atoms with E-state index in [1.807, 2.05) is 16.9 Å². The lowest BCUT2D eigenvalue weighted by molar-refractivity contribution is 0.165. The zero-order chi connectivity index (χ0) is 9.26. The average molecular weight is 175 g/mol. The molecule has 1 aliphatic rings. The van der Waals surface area contributed by atoms with E-state index in [0.717, 1.165) is 18.4 Å². The molecule has 0 aromatic carbocycles. The molecule has 0 radical (unpaired) electrons. The number of nitrogens with zero attached hydrogens (tertiary/aromatic N) is 3. The molecule has 0 amide bonds. The van der Waals surface area contributed by atoms with Gasteiger partial charge in [-0.25, -0.2) is 0 Å². The van der Waals surface area contributed by atoms with Crippen molar-refractivity contribution < 1.29 is 0 Å². The van der Waals surface area contributed by atoms with Gasteiger partial charge in [-0.1, -0.05) is 13.3 Å². The van der Waals surface area contributed by atoms with Crippen LogP contribution < -0.4 is 0 Å². The van der Waals surface area contributed by atoms with E-state index in [1.165, 1.54) is 12.8 Å². The maximum Gasteiger partial charge on any atom is 0.162 e. The summed E-state index contributed by atoms with van der Waals surface area (Å²) in [7, 11) is 0. The van der Waals surface area contributed by atoms with Crippen LogP contribution in [0.25, 0.3) is 0 Å². The number of aromatic nitrogens is 2. The van der Waals surface area contributed by atoms with E-state index in [2.05, 4.69) is 12.0 Å². The molecule has 68 valence electrons. The van der Waals surface area contributed by atoms with Gasteiger partial charge in [0.15, 0.2) is 5.69 Å². The molecule has 0 saturated heterocycles. The Bertz CT molecular complexity index is 334. The van der Waals surface area contributed by atoms with Gasteiger partial charge in [0.25, 0.3) is 0 Å². The Balaban J connectivity index is 1.98. The normalized spacial score (nSPS) is 26.5. The Morgan fingerprint density at radius 2 is 2.54 bits per heavy atom. The lowest BCUT2D eigenvalue weighted by Crippen LogP contribution is -2.27. The minimum Gasteiger partial charge on any atom is -0.271 e. The number of hydrogen-bond donors (Lipinski definition) is 0. The van der Waals surface area contributed by atoms with Crippen LogP contribution in [-0.4, -0.2) is 9.78 Å². The third-order valence-corrected chi connectivity index (χ3v) is 2.97. The third-order valence-electron chi connectivity index (χ3n) is 2.97. The van der Waals surface area contributed by atoms with Crippen molar-refractivity contribution in [3.8, 4) is 6.07 Å². The van der Waals surface area contributed by atoms with Gasteiger partial charge in [0, 0.05) is 12.7 Å². The molecule has 1 saturated carbocycles. The van der Waals surface area contributed by atoms with Crippen LogP contribution in [0, 0.1) is 23.2 Å². The molecule has 0 unspecified atom stereocenters. The van der Waals surface area contributed by atoms with Gasteiger partial charge < -0.3 is 0 Å². The summed E-state index contributed by atoms with van der Waals surface area (Å²) in [5.41, 5.74) is 0.520. The Kier molecular flexibility index (Phi) is 2.05. The average Bonchev–Trinajstić information content (AvgIpc) is 2.59. The minimum atomic E-state index is 0.520. The molecule has 3 nitrogen and oxygen atoms in total. The molecule has 1 heterocycles. The zero-order valence-electron chi connectivity index (χ0n) is 7.77. The molecule has 0 N–H and O–H groups in total. The van der Waals surface area contributed by atoms with Gasteiger partial charge in [0.05, 0.1) is 0 Å². The smallest absolute Gasteiger partial charge is 0.162 e. The Morgan fingerprint density at radius 3 is 3.00 bits per heavy atom. The summed E-state index contributed by atoms with van der Waals surface area (Å²) in [6.07, 6.45) is 4.55. The fourth-order valence-electron chi connectivity index (χ4n) is 1.77. The highest BCUT2D eigenvalue weighted by atomic mass is 15.3. The van der Waals surface area contributed by atoms with E-state index in [0.29, 0.717) is 5.69 Å². The van der Waals surface area contributed by atoms with E-state index in [4.69, 9.17) is 5.26 Å². The van der Waals surface area contributed by atoms with E-state index in [-0.39, 0.29) is 0 Å². The monoisotopic (exact) mass is 175 g/mol.